The molecule has 9 nitrogen and oxygen atoms in total. The highest BCUT2D eigenvalue weighted by molar-refractivity contribution is 6.33. The van der Waals surface area contributed by atoms with Crippen LogP contribution < -0.4 is 5.32 Å². The summed E-state index contributed by atoms with van der Waals surface area (Å²) in [5.41, 5.74) is -0.404. The number of rotatable bonds is 5. The summed E-state index contributed by atoms with van der Waals surface area (Å²) in [5, 5.41) is 45.5. The molecule has 0 spiro atoms. The van der Waals surface area contributed by atoms with Gasteiger partial charge in [-0.05, 0) is 12.1 Å². The van der Waals surface area contributed by atoms with Crippen LogP contribution in [0.2, 0.25) is 5.02 Å². The molecule has 3 rings (SSSR count). The van der Waals surface area contributed by atoms with E-state index in [2.05, 4.69) is 10.5 Å². The van der Waals surface area contributed by atoms with Gasteiger partial charge < -0.3 is 35.0 Å². The molecule has 29 heavy (non-hydrogen) atoms. The van der Waals surface area contributed by atoms with Gasteiger partial charge in [-0.3, -0.25) is 4.79 Å². The molecule has 158 valence electrons. The van der Waals surface area contributed by atoms with E-state index in [9.17, 15) is 24.5 Å². The Kier molecular flexibility index (Phi) is 6.52. The van der Waals surface area contributed by atoms with Crippen LogP contribution in [0, 0.1) is 5.82 Å². The normalized spacial score (nSPS) is 27.1. The van der Waals surface area contributed by atoms with Gasteiger partial charge in [0.05, 0.1) is 17.2 Å². The average molecular weight is 431 g/mol. The minimum Gasteiger partial charge on any atom is -0.394 e. The molecule has 0 bridgehead atoms. The molecule has 0 unspecified atom stereocenters. The van der Waals surface area contributed by atoms with Crippen molar-refractivity contribution in [2.24, 2.45) is 0 Å². The van der Waals surface area contributed by atoms with Crippen molar-refractivity contribution < 1.29 is 38.9 Å². The molecule has 1 aliphatic rings. The van der Waals surface area contributed by atoms with Gasteiger partial charge in [-0.1, -0.05) is 29.7 Å². The number of aliphatic hydroxyl groups excluding tert-OH is 4. The number of hydrogen-bond acceptors (Lipinski definition) is 8. The smallest absolute Gasteiger partial charge is 0.257 e. The zero-order valence-corrected chi connectivity index (χ0v) is 16.0. The van der Waals surface area contributed by atoms with Gasteiger partial charge in [0, 0.05) is 6.42 Å². The molecule has 5 N–H and O–H groups in total. The lowest BCUT2D eigenvalue weighted by molar-refractivity contribution is -0.252. The van der Waals surface area contributed by atoms with Gasteiger partial charge in [-0.15, -0.1) is 0 Å². The number of halogens is 2. The molecule has 2 aromatic rings. The molecule has 0 saturated carbocycles. The van der Waals surface area contributed by atoms with Gasteiger partial charge >= 0.3 is 0 Å². The predicted octanol–water partition coefficient (Wildman–Crippen LogP) is 0.226. The molecule has 2 heterocycles. The van der Waals surface area contributed by atoms with E-state index in [1.165, 1.54) is 12.1 Å². The quantitative estimate of drug-likeness (QED) is 0.453. The van der Waals surface area contributed by atoms with Crippen LogP contribution in [0.1, 0.15) is 23.0 Å². The van der Waals surface area contributed by atoms with Crippen molar-refractivity contribution in [1.82, 2.24) is 10.5 Å². The van der Waals surface area contributed by atoms with Crippen molar-refractivity contribution in [3.63, 3.8) is 0 Å². The molecule has 1 aromatic heterocycles. The number of aryl methyl sites for hydroxylation is 1. The summed E-state index contributed by atoms with van der Waals surface area (Å²) in [6, 6.07) is 2.54. The molecule has 1 aromatic carbocycles. The highest BCUT2D eigenvalue weighted by Gasteiger charge is 2.45. The van der Waals surface area contributed by atoms with Gasteiger partial charge in [0.15, 0.2) is 6.29 Å². The van der Waals surface area contributed by atoms with Crippen molar-refractivity contribution in [3.8, 4) is 11.3 Å². The van der Waals surface area contributed by atoms with Crippen molar-refractivity contribution in [2.75, 3.05) is 6.61 Å². The van der Waals surface area contributed by atoms with Crippen LogP contribution in [0.15, 0.2) is 22.7 Å². The zero-order chi connectivity index (χ0) is 21.3. The van der Waals surface area contributed by atoms with Gasteiger partial charge in [0.2, 0.25) is 0 Å². The minimum atomic E-state index is -1.71. The second kappa shape index (κ2) is 8.74. The number of carbonyl (C=O) groups is 1. The highest BCUT2D eigenvalue weighted by atomic mass is 35.5. The average Bonchev–Trinajstić information content (AvgIpc) is 3.11. The SMILES string of the molecule is CCc1onc(-c2c(F)cccc2Cl)c1C(=O)N[C@@H]1[C@@H](O)[C@H](O)[C@@H](CO)O[C@H]1O. The summed E-state index contributed by atoms with van der Waals surface area (Å²) in [5.74, 6) is -1.44. The number of benzene rings is 1. The van der Waals surface area contributed by atoms with Gasteiger partial charge in [-0.25, -0.2) is 4.39 Å². The predicted molar refractivity (Wildman–Crippen MR) is 97.5 cm³/mol. The van der Waals surface area contributed by atoms with Crippen LogP contribution in [0.3, 0.4) is 0 Å². The van der Waals surface area contributed by atoms with Crippen LogP contribution in [-0.4, -0.2) is 68.7 Å². The van der Waals surface area contributed by atoms with Gasteiger partial charge in [-0.2, -0.15) is 0 Å². The summed E-state index contributed by atoms with van der Waals surface area (Å²) in [4.78, 5) is 12.9. The number of carbonyl (C=O) groups excluding carboxylic acids is 1. The molecule has 0 aliphatic carbocycles. The zero-order valence-electron chi connectivity index (χ0n) is 15.2. The van der Waals surface area contributed by atoms with Crippen molar-refractivity contribution in [3.05, 3.63) is 40.4 Å². The lowest BCUT2D eigenvalue weighted by atomic mass is 9.96. The Morgan fingerprint density at radius 2 is 2.03 bits per heavy atom. The lowest BCUT2D eigenvalue weighted by Gasteiger charge is -2.40. The minimum absolute atomic E-state index is 0.0114. The number of nitrogens with zero attached hydrogens (tertiary/aromatic N) is 1. The summed E-state index contributed by atoms with van der Waals surface area (Å²) < 4.78 is 24.5. The van der Waals surface area contributed by atoms with Crippen LogP contribution in [0.25, 0.3) is 11.3 Å². The first-order valence-corrected chi connectivity index (χ1v) is 9.22. The summed E-state index contributed by atoms with van der Waals surface area (Å²) in [7, 11) is 0. The fourth-order valence-corrected chi connectivity index (χ4v) is 3.42. The van der Waals surface area contributed by atoms with E-state index in [-0.39, 0.29) is 34.0 Å². The van der Waals surface area contributed by atoms with E-state index in [1.807, 2.05) is 0 Å². The molecular formula is C18H20ClFN2O7. The Hall–Kier alpha value is -2.08. The van der Waals surface area contributed by atoms with Crippen molar-refractivity contribution in [2.45, 2.75) is 44.0 Å². The summed E-state index contributed by atoms with van der Waals surface area (Å²) >= 11 is 6.07. The maximum atomic E-state index is 14.4. The van der Waals surface area contributed by atoms with Crippen LogP contribution in [0.4, 0.5) is 4.39 Å². The lowest BCUT2D eigenvalue weighted by Crippen LogP contribution is -2.64. The second-order valence-electron chi connectivity index (χ2n) is 6.51. The number of aromatic nitrogens is 1. The molecule has 0 radical (unpaired) electrons. The first-order chi connectivity index (χ1) is 13.8. The summed E-state index contributed by atoms with van der Waals surface area (Å²) in [6.45, 7) is 1.05. The van der Waals surface area contributed by atoms with E-state index < -0.39 is 49.0 Å². The third-order valence-corrected chi connectivity index (χ3v) is 5.02. The fourth-order valence-electron chi connectivity index (χ4n) is 3.17. The number of ether oxygens (including phenoxy) is 1. The Labute approximate surface area is 169 Å². The van der Waals surface area contributed by atoms with Gasteiger partial charge in [0.1, 0.15) is 47.2 Å². The molecule has 1 saturated heterocycles. The maximum absolute atomic E-state index is 14.4. The molecule has 1 fully saturated rings. The molecule has 11 heteroatoms. The van der Waals surface area contributed by atoms with E-state index in [0.29, 0.717) is 0 Å². The summed E-state index contributed by atoms with van der Waals surface area (Å²) in [6.07, 6.45) is -5.88. The number of amides is 1. The van der Waals surface area contributed by atoms with Crippen LogP contribution in [-0.2, 0) is 11.2 Å². The first-order valence-electron chi connectivity index (χ1n) is 8.84. The number of nitrogens with one attached hydrogen (secondary N) is 1. The standard InChI is InChI=1S/C18H20ClFN2O7/c1-2-9-12(13(22-29-9)11-7(19)4-3-5-8(11)20)17(26)21-14-16(25)15(24)10(6-23)28-18(14)27/h3-5,10,14-16,18,23-25,27H,2,6H2,1H3,(H,21,26)/t10-,14-,15-,16-,18-/m1/s1. The number of aliphatic hydroxyl groups is 4. The molecule has 1 amide bonds. The Morgan fingerprint density at radius 3 is 2.66 bits per heavy atom. The maximum Gasteiger partial charge on any atom is 0.257 e. The molecule has 5 atom stereocenters. The third kappa shape index (κ3) is 4.00. The molecular weight excluding hydrogens is 411 g/mol. The number of hydrogen-bond donors (Lipinski definition) is 5. The monoisotopic (exact) mass is 430 g/mol. The van der Waals surface area contributed by atoms with E-state index in [0.717, 1.165) is 6.07 Å². The Morgan fingerprint density at radius 1 is 1.31 bits per heavy atom. The Bertz CT molecular complexity index is 873. The van der Waals surface area contributed by atoms with Crippen LogP contribution >= 0.6 is 11.6 Å². The highest BCUT2D eigenvalue weighted by Crippen LogP contribution is 2.34. The Balaban J connectivity index is 1.95. The first kappa shape index (κ1) is 21.6. The molecule has 1 aliphatic heterocycles. The van der Waals surface area contributed by atoms with E-state index >= 15 is 0 Å². The van der Waals surface area contributed by atoms with E-state index in [4.69, 9.17) is 26.0 Å². The largest absolute Gasteiger partial charge is 0.394 e. The van der Waals surface area contributed by atoms with Crippen LogP contribution in [0.5, 0.6) is 0 Å². The van der Waals surface area contributed by atoms with Crippen molar-refractivity contribution in [1.29, 1.82) is 0 Å². The fraction of sp³-hybridized carbons (Fsp3) is 0.444. The topological polar surface area (TPSA) is 145 Å². The van der Waals surface area contributed by atoms with E-state index in [1.54, 1.807) is 6.92 Å². The van der Waals surface area contributed by atoms with Crippen molar-refractivity contribution >= 4 is 17.5 Å². The second-order valence-corrected chi connectivity index (χ2v) is 6.91. The van der Waals surface area contributed by atoms with Gasteiger partial charge in [0.25, 0.3) is 5.91 Å². The third-order valence-electron chi connectivity index (χ3n) is 4.71.